The van der Waals surface area contributed by atoms with Crippen molar-refractivity contribution in [2.75, 3.05) is 5.75 Å². The minimum atomic E-state index is -2.94. The molecular weight excluding hydrogens is 104 g/mol. The fraction of sp³-hybridized carbons (Fsp3) is 1.00. The van der Waals surface area contributed by atoms with Crippen LogP contribution in [0.3, 0.4) is 0 Å². The van der Waals surface area contributed by atoms with Crippen LogP contribution in [-0.2, 0) is 9.84 Å². The topological polar surface area (TPSA) is 54.4 Å². The number of hydrogen-bond donors (Lipinski definition) is 1. The molecular formula is C2H4O3S. The normalized spacial score (nSPS) is 39.2. The molecule has 6 heavy (non-hydrogen) atoms. The molecule has 0 radical (unpaired) electrons. The van der Waals surface area contributed by atoms with Crippen LogP contribution in [0.25, 0.3) is 0 Å². The number of sulfone groups is 1. The zero-order chi connectivity index (χ0) is 4.78. The van der Waals surface area contributed by atoms with Gasteiger partial charge >= 0.3 is 0 Å². The average Bonchev–Trinajstić information content (AvgIpc) is 1.73. The summed E-state index contributed by atoms with van der Waals surface area (Å²) < 4.78 is 19.6. The molecule has 0 bridgehead atoms. The van der Waals surface area contributed by atoms with Gasteiger partial charge in [0.1, 0.15) is 0 Å². The maximum Gasteiger partial charge on any atom is 0.181 e. The molecule has 0 spiro atoms. The molecule has 1 saturated heterocycles. The lowest BCUT2D eigenvalue weighted by Crippen LogP contribution is -1.79. The maximum atomic E-state index is 9.82. The first-order chi connectivity index (χ1) is 2.63. The molecule has 0 saturated carbocycles. The van der Waals surface area contributed by atoms with Gasteiger partial charge in [-0.15, -0.1) is 0 Å². The Labute approximate surface area is 35.5 Å². The van der Waals surface area contributed by atoms with E-state index in [-0.39, 0.29) is 5.75 Å². The Morgan fingerprint density at radius 2 is 1.83 bits per heavy atom. The van der Waals surface area contributed by atoms with Gasteiger partial charge in [-0.1, -0.05) is 0 Å². The Balaban J connectivity index is 2.92. The summed E-state index contributed by atoms with van der Waals surface area (Å²) in [6.07, 6.45) is 0. The molecule has 0 amide bonds. The zero-order valence-electron chi connectivity index (χ0n) is 2.96. The quantitative estimate of drug-likeness (QED) is 0.394. The maximum absolute atomic E-state index is 9.82. The summed E-state index contributed by atoms with van der Waals surface area (Å²) in [5.41, 5.74) is -1.03. The van der Waals surface area contributed by atoms with Crippen molar-refractivity contribution in [3.05, 3.63) is 0 Å². The van der Waals surface area contributed by atoms with Gasteiger partial charge in [0.2, 0.25) is 0 Å². The summed E-state index contributed by atoms with van der Waals surface area (Å²) in [6, 6.07) is 0. The molecule has 3 nitrogen and oxygen atoms in total. The van der Waals surface area contributed by atoms with Gasteiger partial charge in [0.25, 0.3) is 0 Å². The highest BCUT2D eigenvalue weighted by Crippen LogP contribution is 2.16. The van der Waals surface area contributed by atoms with Gasteiger partial charge in [-0.2, -0.15) is 0 Å². The van der Waals surface area contributed by atoms with Crippen LogP contribution in [0, 0.1) is 0 Å². The van der Waals surface area contributed by atoms with E-state index < -0.39 is 15.3 Å². The predicted octanol–water partition coefficient (Wildman–Crippen LogP) is -1.27. The van der Waals surface area contributed by atoms with Gasteiger partial charge < -0.3 is 5.11 Å². The molecule has 0 aromatic heterocycles. The fourth-order valence-electron chi connectivity index (χ4n) is 0.159. The van der Waals surface area contributed by atoms with Crippen molar-refractivity contribution in [2.45, 2.75) is 5.44 Å². The van der Waals surface area contributed by atoms with Crippen molar-refractivity contribution in [2.24, 2.45) is 0 Å². The molecule has 1 atom stereocenters. The van der Waals surface area contributed by atoms with Crippen LogP contribution in [0.15, 0.2) is 0 Å². The summed E-state index contributed by atoms with van der Waals surface area (Å²) in [5, 5.41) is 8.11. The molecule has 4 heteroatoms. The number of aliphatic hydroxyl groups is 1. The summed E-state index contributed by atoms with van der Waals surface area (Å²) in [6.45, 7) is 0. The Morgan fingerprint density at radius 3 is 1.83 bits per heavy atom. The third-order valence-corrected chi connectivity index (χ3v) is 2.02. The van der Waals surface area contributed by atoms with Crippen molar-refractivity contribution in [3.63, 3.8) is 0 Å². The van der Waals surface area contributed by atoms with Gasteiger partial charge in [0.15, 0.2) is 15.3 Å². The Hall–Kier alpha value is -0.0900. The lowest BCUT2D eigenvalue weighted by molar-refractivity contribution is 0.308. The van der Waals surface area contributed by atoms with E-state index in [4.69, 9.17) is 5.11 Å². The average molecular weight is 108 g/mol. The molecule has 36 valence electrons. The highest BCUT2D eigenvalue weighted by atomic mass is 32.2. The van der Waals surface area contributed by atoms with Gasteiger partial charge in [-0.25, -0.2) is 8.42 Å². The highest BCUT2D eigenvalue weighted by molar-refractivity contribution is 7.98. The minimum absolute atomic E-state index is 0.0347. The van der Waals surface area contributed by atoms with Crippen LogP contribution in [-0.4, -0.2) is 24.7 Å². The Kier molecular flexibility index (Phi) is 0.520. The second kappa shape index (κ2) is 0.764. The Morgan fingerprint density at radius 1 is 1.67 bits per heavy atom. The second-order valence-electron chi connectivity index (χ2n) is 1.28. The third kappa shape index (κ3) is 0.417. The van der Waals surface area contributed by atoms with Crippen LogP contribution >= 0.6 is 0 Å². The summed E-state index contributed by atoms with van der Waals surface area (Å²) in [7, 11) is -2.94. The van der Waals surface area contributed by atoms with E-state index in [0.29, 0.717) is 0 Å². The van der Waals surface area contributed by atoms with E-state index in [9.17, 15) is 8.42 Å². The van der Waals surface area contributed by atoms with Crippen molar-refractivity contribution in [1.82, 2.24) is 0 Å². The third-order valence-electron chi connectivity index (χ3n) is 0.674. The number of hydrogen-bond acceptors (Lipinski definition) is 3. The lowest BCUT2D eigenvalue weighted by Gasteiger charge is -1.60. The summed E-state index contributed by atoms with van der Waals surface area (Å²) in [4.78, 5) is 0. The van der Waals surface area contributed by atoms with Crippen LogP contribution in [0.4, 0.5) is 0 Å². The van der Waals surface area contributed by atoms with E-state index in [2.05, 4.69) is 0 Å². The molecule has 1 fully saturated rings. The van der Waals surface area contributed by atoms with Crippen molar-refractivity contribution in [1.29, 1.82) is 0 Å². The second-order valence-corrected chi connectivity index (χ2v) is 3.49. The number of aliphatic hydroxyl groups excluding tert-OH is 1. The SMILES string of the molecule is O=S1(=O)CC1O. The van der Waals surface area contributed by atoms with Crippen molar-refractivity contribution in [3.8, 4) is 0 Å². The largest absolute Gasteiger partial charge is 0.376 e. The summed E-state index contributed by atoms with van der Waals surface area (Å²) >= 11 is 0. The Bertz CT molecular complexity index is 144. The minimum Gasteiger partial charge on any atom is -0.376 e. The lowest BCUT2D eigenvalue weighted by atomic mass is 10.9. The van der Waals surface area contributed by atoms with Crippen molar-refractivity contribution >= 4 is 9.84 Å². The van der Waals surface area contributed by atoms with E-state index in [1.807, 2.05) is 0 Å². The predicted molar refractivity (Wildman–Crippen MR) is 19.8 cm³/mol. The first-order valence-electron chi connectivity index (χ1n) is 1.52. The van der Waals surface area contributed by atoms with Gasteiger partial charge in [-0.05, 0) is 0 Å². The van der Waals surface area contributed by atoms with E-state index in [0.717, 1.165) is 0 Å². The van der Waals surface area contributed by atoms with Crippen LogP contribution in [0.2, 0.25) is 0 Å². The molecule has 0 aliphatic carbocycles. The first kappa shape index (κ1) is 4.08. The smallest absolute Gasteiger partial charge is 0.181 e. The molecule has 1 heterocycles. The molecule has 0 aromatic rings. The fourth-order valence-corrected chi connectivity index (χ4v) is 0.812. The van der Waals surface area contributed by atoms with Crippen LogP contribution < -0.4 is 0 Å². The van der Waals surface area contributed by atoms with Gasteiger partial charge in [0, 0.05) is 0 Å². The summed E-state index contributed by atoms with van der Waals surface area (Å²) in [5.74, 6) is -0.0347. The first-order valence-corrected chi connectivity index (χ1v) is 3.24. The monoisotopic (exact) mass is 108 g/mol. The number of rotatable bonds is 0. The highest BCUT2D eigenvalue weighted by Gasteiger charge is 2.41. The van der Waals surface area contributed by atoms with Crippen LogP contribution in [0.5, 0.6) is 0 Å². The van der Waals surface area contributed by atoms with E-state index in [1.165, 1.54) is 0 Å². The molecule has 1 aliphatic rings. The van der Waals surface area contributed by atoms with Gasteiger partial charge in [-0.3, -0.25) is 0 Å². The molecule has 1 unspecified atom stereocenters. The molecule has 1 rings (SSSR count). The zero-order valence-corrected chi connectivity index (χ0v) is 3.77. The van der Waals surface area contributed by atoms with Crippen LogP contribution in [0.1, 0.15) is 0 Å². The molecule has 0 aromatic carbocycles. The molecule has 1 aliphatic heterocycles. The van der Waals surface area contributed by atoms with E-state index in [1.54, 1.807) is 0 Å². The van der Waals surface area contributed by atoms with Gasteiger partial charge in [0.05, 0.1) is 5.75 Å². The molecule has 1 N–H and O–H groups in total. The standard InChI is InChI=1S/C2H4O3S/c3-2-1-6(2,4)5/h2-3H,1H2. The van der Waals surface area contributed by atoms with Crippen molar-refractivity contribution < 1.29 is 13.5 Å². The van der Waals surface area contributed by atoms with E-state index >= 15 is 0 Å².